The van der Waals surface area contributed by atoms with E-state index < -0.39 is 0 Å². The predicted octanol–water partition coefficient (Wildman–Crippen LogP) is 2.58. The van der Waals surface area contributed by atoms with Crippen molar-refractivity contribution < 1.29 is 9.53 Å². The van der Waals surface area contributed by atoms with Crippen LogP contribution in [-0.4, -0.2) is 38.0 Å². The molecule has 8 heteroatoms. The van der Waals surface area contributed by atoms with Gasteiger partial charge in [-0.2, -0.15) is 10.2 Å². The predicted molar refractivity (Wildman–Crippen MR) is 96.8 cm³/mol. The Morgan fingerprint density at radius 1 is 1.35 bits per heavy atom. The van der Waals surface area contributed by atoms with Crippen molar-refractivity contribution in [3.8, 4) is 17.0 Å². The number of methoxy groups -OCH3 is 1. The molecule has 0 radical (unpaired) electrons. The summed E-state index contributed by atoms with van der Waals surface area (Å²) in [6.07, 6.45) is 2.21. The molecule has 8 nitrogen and oxygen atoms in total. The Morgan fingerprint density at radius 2 is 2.19 bits per heavy atom. The van der Waals surface area contributed by atoms with Gasteiger partial charge in [-0.15, -0.1) is 0 Å². The second kappa shape index (κ2) is 7.81. The monoisotopic (exact) mass is 354 g/mol. The standard InChI is InChI=1S/C18H22N6O2/c1-4-14(17-19-11-20-24(17)5-2)21-18(25)16-10-15(22-23-16)12-7-6-8-13(9-12)26-3/h6-11,14H,4-5H2,1-3H3,(H,21,25)(H,22,23)/t14-/m1/s1. The van der Waals surface area contributed by atoms with Gasteiger partial charge in [0.05, 0.1) is 18.8 Å². The molecule has 0 aliphatic heterocycles. The van der Waals surface area contributed by atoms with E-state index in [0.717, 1.165) is 17.1 Å². The molecule has 1 amide bonds. The second-order valence-corrected chi connectivity index (χ2v) is 5.77. The topological polar surface area (TPSA) is 97.7 Å². The molecule has 0 spiro atoms. The molecule has 136 valence electrons. The van der Waals surface area contributed by atoms with Crippen molar-refractivity contribution in [2.24, 2.45) is 0 Å². The van der Waals surface area contributed by atoms with Crippen LogP contribution in [0.5, 0.6) is 5.75 Å². The van der Waals surface area contributed by atoms with Crippen LogP contribution < -0.4 is 10.1 Å². The molecule has 0 saturated carbocycles. The van der Waals surface area contributed by atoms with Crippen molar-refractivity contribution in [2.45, 2.75) is 32.9 Å². The number of nitrogens with zero attached hydrogens (tertiary/aromatic N) is 4. The summed E-state index contributed by atoms with van der Waals surface area (Å²) in [6.45, 7) is 4.68. The fourth-order valence-corrected chi connectivity index (χ4v) is 2.74. The van der Waals surface area contributed by atoms with Crippen LogP contribution in [-0.2, 0) is 6.54 Å². The van der Waals surface area contributed by atoms with Crippen LogP contribution in [0, 0.1) is 0 Å². The first-order valence-electron chi connectivity index (χ1n) is 8.54. The van der Waals surface area contributed by atoms with Crippen LogP contribution in [0.4, 0.5) is 0 Å². The largest absolute Gasteiger partial charge is 0.497 e. The number of H-pyrrole nitrogens is 1. The number of aromatic amines is 1. The lowest BCUT2D eigenvalue weighted by Crippen LogP contribution is -2.30. The molecule has 1 aromatic carbocycles. The molecule has 2 aromatic heterocycles. The number of ether oxygens (including phenoxy) is 1. The zero-order valence-corrected chi connectivity index (χ0v) is 15.1. The van der Waals surface area contributed by atoms with Gasteiger partial charge in [-0.1, -0.05) is 19.1 Å². The highest BCUT2D eigenvalue weighted by Crippen LogP contribution is 2.23. The first-order chi connectivity index (χ1) is 12.7. The smallest absolute Gasteiger partial charge is 0.269 e. The van der Waals surface area contributed by atoms with Crippen molar-refractivity contribution >= 4 is 5.91 Å². The summed E-state index contributed by atoms with van der Waals surface area (Å²) in [5.41, 5.74) is 1.94. The van der Waals surface area contributed by atoms with E-state index in [2.05, 4.69) is 25.6 Å². The number of carbonyl (C=O) groups excluding carboxylic acids is 1. The number of hydrogen-bond acceptors (Lipinski definition) is 5. The molecule has 0 saturated heterocycles. The molecule has 0 aliphatic rings. The third-order valence-corrected chi connectivity index (χ3v) is 4.16. The number of hydrogen-bond donors (Lipinski definition) is 2. The Hall–Kier alpha value is -3.16. The summed E-state index contributed by atoms with van der Waals surface area (Å²) in [5, 5.41) is 14.2. The minimum absolute atomic E-state index is 0.214. The molecular weight excluding hydrogens is 332 g/mol. The number of aromatic nitrogens is 5. The molecule has 26 heavy (non-hydrogen) atoms. The third kappa shape index (κ3) is 3.58. The lowest BCUT2D eigenvalue weighted by molar-refractivity contribution is 0.0927. The Morgan fingerprint density at radius 3 is 2.92 bits per heavy atom. The van der Waals surface area contributed by atoms with Crippen molar-refractivity contribution in [2.75, 3.05) is 7.11 Å². The first-order valence-corrected chi connectivity index (χ1v) is 8.54. The van der Waals surface area contributed by atoms with Crippen molar-refractivity contribution in [1.82, 2.24) is 30.3 Å². The minimum atomic E-state index is -0.232. The third-order valence-electron chi connectivity index (χ3n) is 4.16. The zero-order chi connectivity index (χ0) is 18.5. The Balaban J connectivity index is 1.77. The molecule has 2 N–H and O–H groups in total. The molecule has 3 aromatic rings. The first kappa shape index (κ1) is 17.7. The van der Waals surface area contributed by atoms with E-state index in [1.165, 1.54) is 6.33 Å². The number of rotatable bonds is 7. The van der Waals surface area contributed by atoms with E-state index >= 15 is 0 Å². The lowest BCUT2D eigenvalue weighted by Gasteiger charge is -2.16. The van der Waals surface area contributed by atoms with E-state index in [1.807, 2.05) is 38.1 Å². The average Bonchev–Trinajstić information content (AvgIpc) is 3.35. The quantitative estimate of drug-likeness (QED) is 0.679. The van der Waals surface area contributed by atoms with Gasteiger partial charge in [0.15, 0.2) is 0 Å². The highest BCUT2D eigenvalue weighted by Gasteiger charge is 2.20. The molecule has 0 aliphatic carbocycles. The summed E-state index contributed by atoms with van der Waals surface area (Å²) in [4.78, 5) is 16.9. The second-order valence-electron chi connectivity index (χ2n) is 5.77. The maximum atomic E-state index is 12.6. The van der Waals surface area contributed by atoms with Crippen LogP contribution in [0.1, 0.15) is 42.6 Å². The minimum Gasteiger partial charge on any atom is -0.497 e. The van der Waals surface area contributed by atoms with Gasteiger partial charge >= 0.3 is 0 Å². The van der Waals surface area contributed by atoms with Gasteiger partial charge in [0, 0.05) is 12.1 Å². The van der Waals surface area contributed by atoms with Gasteiger partial charge in [0.2, 0.25) is 0 Å². The lowest BCUT2D eigenvalue weighted by atomic mass is 10.1. The highest BCUT2D eigenvalue weighted by atomic mass is 16.5. The zero-order valence-electron chi connectivity index (χ0n) is 15.1. The van der Waals surface area contributed by atoms with Crippen molar-refractivity contribution in [3.05, 3.63) is 48.2 Å². The summed E-state index contributed by atoms with van der Waals surface area (Å²) < 4.78 is 7.01. The maximum Gasteiger partial charge on any atom is 0.269 e. The number of amides is 1. The van der Waals surface area contributed by atoms with Crippen LogP contribution in [0.3, 0.4) is 0 Å². The SMILES string of the molecule is CC[C@@H](NC(=O)c1cc(-c2cccc(OC)c2)n[nH]1)c1ncnn1CC. The van der Waals surface area contributed by atoms with Crippen molar-refractivity contribution in [3.63, 3.8) is 0 Å². The molecule has 2 heterocycles. The van der Waals surface area contributed by atoms with Crippen molar-refractivity contribution in [1.29, 1.82) is 0 Å². The molecule has 3 rings (SSSR count). The van der Waals surface area contributed by atoms with Crippen LogP contribution in [0.25, 0.3) is 11.3 Å². The Kier molecular flexibility index (Phi) is 5.31. The Labute approximate surface area is 151 Å². The van der Waals surface area contributed by atoms with Gasteiger partial charge in [0.1, 0.15) is 23.6 Å². The van der Waals surface area contributed by atoms with Crippen LogP contribution >= 0.6 is 0 Å². The molecule has 1 atom stereocenters. The van der Waals surface area contributed by atoms with E-state index in [-0.39, 0.29) is 11.9 Å². The number of nitrogens with one attached hydrogen (secondary N) is 2. The number of carbonyl (C=O) groups is 1. The molecule has 0 unspecified atom stereocenters. The highest BCUT2D eigenvalue weighted by molar-refractivity contribution is 5.93. The van der Waals surface area contributed by atoms with E-state index in [0.29, 0.717) is 24.4 Å². The summed E-state index contributed by atoms with van der Waals surface area (Å²) in [7, 11) is 1.61. The van der Waals surface area contributed by atoms with Crippen LogP contribution in [0.15, 0.2) is 36.7 Å². The summed E-state index contributed by atoms with van der Waals surface area (Å²) >= 11 is 0. The maximum absolute atomic E-state index is 12.6. The van der Waals surface area contributed by atoms with E-state index in [9.17, 15) is 4.79 Å². The fourth-order valence-electron chi connectivity index (χ4n) is 2.74. The van der Waals surface area contributed by atoms with Gasteiger partial charge in [-0.05, 0) is 31.5 Å². The van der Waals surface area contributed by atoms with E-state index in [4.69, 9.17) is 4.74 Å². The molecule has 0 bridgehead atoms. The fraction of sp³-hybridized carbons (Fsp3) is 0.333. The number of aryl methyl sites for hydroxylation is 1. The average molecular weight is 354 g/mol. The van der Waals surface area contributed by atoms with Gasteiger partial charge in [-0.3, -0.25) is 9.89 Å². The van der Waals surface area contributed by atoms with Gasteiger partial charge in [0.25, 0.3) is 5.91 Å². The summed E-state index contributed by atoms with van der Waals surface area (Å²) in [6, 6.07) is 9.04. The summed E-state index contributed by atoms with van der Waals surface area (Å²) in [5.74, 6) is 1.25. The normalized spacial score (nSPS) is 12.0. The van der Waals surface area contributed by atoms with Gasteiger partial charge < -0.3 is 10.1 Å². The van der Waals surface area contributed by atoms with E-state index in [1.54, 1.807) is 17.9 Å². The Bertz CT molecular complexity index is 885. The number of benzene rings is 1. The molecule has 0 fully saturated rings. The molecular formula is C18H22N6O2. The van der Waals surface area contributed by atoms with Crippen LogP contribution in [0.2, 0.25) is 0 Å². The van der Waals surface area contributed by atoms with Gasteiger partial charge in [-0.25, -0.2) is 9.67 Å².